The summed E-state index contributed by atoms with van der Waals surface area (Å²) in [5, 5.41) is 8.16. The second kappa shape index (κ2) is 8.45. The molecule has 0 saturated carbocycles. The fraction of sp³-hybridized carbons (Fsp3) is 0.190. The molecule has 2 heterocycles. The molecule has 0 unspecified atom stereocenters. The summed E-state index contributed by atoms with van der Waals surface area (Å²) in [6.45, 7) is 2.08. The van der Waals surface area contributed by atoms with E-state index in [1.54, 1.807) is 6.07 Å². The molecule has 1 aliphatic heterocycles. The highest BCUT2D eigenvalue weighted by molar-refractivity contribution is 14.1. The predicted molar refractivity (Wildman–Crippen MR) is 123 cm³/mol. The van der Waals surface area contributed by atoms with Gasteiger partial charge in [-0.15, -0.1) is 0 Å². The largest absolute Gasteiger partial charge is 0.488 e. The van der Waals surface area contributed by atoms with Crippen LogP contribution >= 0.6 is 34.2 Å². The zero-order valence-corrected chi connectivity index (χ0v) is 17.9. The van der Waals surface area contributed by atoms with Crippen LogP contribution in [0.5, 0.6) is 5.75 Å². The van der Waals surface area contributed by atoms with Crippen molar-refractivity contribution in [2.45, 2.75) is 6.42 Å². The van der Waals surface area contributed by atoms with Crippen molar-refractivity contribution in [3.63, 3.8) is 0 Å². The molecule has 28 heavy (non-hydrogen) atoms. The Hall–Kier alpha value is -2.19. The van der Waals surface area contributed by atoms with E-state index in [1.165, 1.54) is 0 Å². The van der Waals surface area contributed by atoms with E-state index in [0.29, 0.717) is 17.0 Å². The zero-order chi connectivity index (χ0) is 19.5. The van der Waals surface area contributed by atoms with Gasteiger partial charge in [0.1, 0.15) is 18.2 Å². The summed E-state index contributed by atoms with van der Waals surface area (Å²) in [5.74, 6) is 1.61. The van der Waals surface area contributed by atoms with Crippen molar-refractivity contribution in [3.05, 3.63) is 72.9 Å². The number of hydrogen-bond donors (Lipinski definition) is 3. The van der Waals surface area contributed by atoms with E-state index < -0.39 is 0 Å². The van der Waals surface area contributed by atoms with Crippen molar-refractivity contribution >= 4 is 56.6 Å². The van der Waals surface area contributed by atoms with Crippen LogP contribution in [0.1, 0.15) is 12.0 Å². The minimum Gasteiger partial charge on any atom is -0.488 e. The molecule has 0 bridgehead atoms. The monoisotopic (exact) mass is 507 g/mol. The molecule has 0 fully saturated rings. The lowest BCUT2D eigenvalue weighted by Crippen LogP contribution is -2.21. The van der Waals surface area contributed by atoms with E-state index in [1.807, 2.05) is 42.5 Å². The number of aromatic nitrogens is 1. The van der Waals surface area contributed by atoms with Crippen LogP contribution in [-0.2, 0) is 0 Å². The van der Waals surface area contributed by atoms with Gasteiger partial charge in [0.15, 0.2) is 5.43 Å². The number of nitrogens with one attached hydrogen (secondary N) is 3. The average Bonchev–Trinajstić information content (AvgIpc) is 2.68. The highest BCUT2D eigenvalue weighted by atomic mass is 127. The maximum Gasteiger partial charge on any atom is 0.191 e. The zero-order valence-electron chi connectivity index (χ0n) is 15.0. The van der Waals surface area contributed by atoms with E-state index in [4.69, 9.17) is 16.3 Å². The molecular formula is C21H19ClIN3O2. The van der Waals surface area contributed by atoms with Crippen LogP contribution in [0, 0.1) is 3.57 Å². The third-order valence-electron chi connectivity index (χ3n) is 4.54. The first-order valence-corrected chi connectivity index (χ1v) is 10.5. The lowest BCUT2D eigenvalue weighted by molar-refractivity contribution is 0.353. The third-order valence-corrected chi connectivity index (χ3v) is 5.55. The highest BCUT2D eigenvalue weighted by Crippen LogP contribution is 2.35. The summed E-state index contributed by atoms with van der Waals surface area (Å²) >= 11 is 8.44. The van der Waals surface area contributed by atoms with Gasteiger partial charge in [-0.25, -0.2) is 0 Å². The number of anilines is 1. The van der Waals surface area contributed by atoms with Crippen LogP contribution in [0.25, 0.3) is 16.6 Å². The minimum atomic E-state index is 0.0189. The van der Waals surface area contributed by atoms with E-state index in [0.717, 1.165) is 51.4 Å². The van der Waals surface area contributed by atoms with E-state index in [2.05, 4.69) is 38.2 Å². The Kier molecular flexibility index (Phi) is 5.77. The second-order valence-corrected chi connectivity index (χ2v) is 8.09. The van der Waals surface area contributed by atoms with Gasteiger partial charge in [0.05, 0.1) is 9.09 Å². The fourth-order valence-electron chi connectivity index (χ4n) is 3.22. The number of benzene rings is 2. The van der Waals surface area contributed by atoms with Crippen molar-refractivity contribution in [1.82, 2.24) is 10.3 Å². The summed E-state index contributed by atoms with van der Waals surface area (Å²) in [7, 11) is 0. The number of para-hydroxylation sites is 1. The van der Waals surface area contributed by atoms with Gasteiger partial charge in [0, 0.05) is 40.8 Å². The normalized spacial score (nSPS) is 12.9. The molecule has 4 rings (SSSR count). The Bertz CT molecular complexity index is 1110. The molecule has 0 amide bonds. The summed E-state index contributed by atoms with van der Waals surface area (Å²) in [6.07, 6.45) is 2.92. The molecule has 0 spiro atoms. The number of halogens is 2. The van der Waals surface area contributed by atoms with Crippen LogP contribution < -0.4 is 20.8 Å². The van der Waals surface area contributed by atoms with Crippen molar-refractivity contribution in [2.24, 2.45) is 0 Å². The molecule has 0 aliphatic carbocycles. The molecule has 0 atom stereocenters. The third kappa shape index (κ3) is 4.12. The summed E-state index contributed by atoms with van der Waals surface area (Å²) in [6, 6.07) is 13.0. The van der Waals surface area contributed by atoms with Gasteiger partial charge in [-0.3, -0.25) is 4.79 Å². The van der Waals surface area contributed by atoms with E-state index in [-0.39, 0.29) is 5.43 Å². The molecule has 1 aliphatic rings. The van der Waals surface area contributed by atoms with Crippen molar-refractivity contribution in [3.8, 4) is 5.75 Å². The summed E-state index contributed by atoms with van der Waals surface area (Å²) < 4.78 is 6.75. The number of ether oxygens (including phenoxy) is 1. The Labute approximate surface area is 181 Å². The Balaban J connectivity index is 1.34. The Morgan fingerprint density at radius 3 is 2.86 bits per heavy atom. The molecule has 0 saturated heterocycles. The Morgan fingerprint density at radius 1 is 1.14 bits per heavy atom. The highest BCUT2D eigenvalue weighted by Gasteiger charge is 2.17. The average molecular weight is 508 g/mol. The smallest absolute Gasteiger partial charge is 0.191 e. The SMILES string of the molecule is O=c1cc(NCCCNC2=CCOc3c(I)cc(Cl)cc32)[nH]c2ccccc12. The van der Waals surface area contributed by atoms with Crippen molar-refractivity contribution in [2.75, 3.05) is 25.0 Å². The maximum absolute atomic E-state index is 12.2. The Morgan fingerprint density at radius 2 is 1.96 bits per heavy atom. The summed E-state index contributed by atoms with van der Waals surface area (Å²) in [5.41, 5.74) is 2.90. The van der Waals surface area contributed by atoms with Gasteiger partial charge < -0.3 is 20.4 Å². The van der Waals surface area contributed by atoms with Crippen molar-refractivity contribution < 1.29 is 4.74 Å². The van der Waals surface area contributed by atoms with Crippen LogP contribution in [0.15, 0.2) is 53.3 Å². The number of pyridine rings is 1. The first kappa shape index (κ1) is 19.1. The van der Waals surface area contributed by atoms with Crippen LogP contribution in [0.4, 0.5) is 5.82 Å². The molecule has 3 N–H and O–H groups in total. The van der Waals surface area contributed by atoms with E-state index in [9.17, 15) is 4.79 Å². The quantitative estimate of drug-likeness (QED) is 0.337. The minimum absolute atomic E-state index is 0.0189. The molecule has 5 nitrogen and oxygen atoms in total. The molecular weight excluding hydrogens is 489 g/mol. The van der Waals surface area contributed by atoms with Gasteiger partial charge >= 0.3 is 0 Å². The first-order chi connectivity index (χ1) is 13.6. The lowest BCUT2D eigenvalue weighted by Gasteiger charge is -2.21. The number of rotatable bonds is 6. The van der Waals surface area contributed by atoms with Crippen LogP contribution in [0.3, 0.4) is 0 Å². The number of H-pyrrole nitrogens is 1. The number of aromatic amines is 1. The fourth-order valence-corrected chi connectivity index (χ4v) is 4.40. The number of hydrogen-bond acceptors (Lipinski definition) is 4. The lowest BCUT2D eigenvalue weighted by atomic mass is 10.1. The van der Waals surface area contributed by atoms with Gasteiger partial charge in [0.2, 0.25) is 0 Å². The molecule has 1 aromatic heterocycles. The molecule has 3 aromatic rings. The standard InChI is InChI=1S/C21H19ClIN3O2/c22-13-10-15-17(6-9-28-21(15)16(23)11-13)24-7-3-8-25-20-12-19(27)14-4-1-2-5-18(14)26-20/h1-2,4-6,10-12,24H,3,7-9H2,(H2,25,26,27). The molecule has 7 heteroatoms. The first-order valence-electron chi connectivity index (χ1n) is 9.04. The second-order valence-electron chi connectivity index (χ2n) is 6.49. The maximum atomic E-state index is 12.2. The topological polar surface area (TPSA) is 66.2 Å². The predicted octanol–water partition coefficient (Wildman–Crippen LogP) is 4.61. The van der Waals surface area contributed by atoms with Gasteiger partial charge in [-0.2, -0.15) is 0 Å². The van der Waals surface area contributed by atoms with Crippen LogP contribution in [-0.4, -0.2) is 24.7 Å². The van der Waals surface area contributed by atoms with Gasteiger partial charge in [-0.05, 0) is 59.4 Å². The van der Waals surface area contributed by atoms with Gasteiger partial charge in [0.25, 0.3) is 0 Å². The molecule has 2 aromatic carbocycles. The van der Waals surface area contributed by atoms with Gasteiger partial charge in [-0.1, -0.05) is 23.7 Å². The van der Waals surface area contributed by atoms with Crippen molar-refractivity contribution in [1.29, 1.82) is 0 Å². The van der Waals surface area contributed by atoms with E-state index >= 15 is 0 Å². The summed E-state index contributed by atoms with van der Waals surface area (Å²) in [4.78, 5) is 15.4. The number of fused-ring (bicyclic) bond motifs is 2. The molecule has 144 valence electrons. The molecule has 0 radical (unpaired) electrons. The van der Waals surface area contributed by atoms with Crippen LogP contribution in [0.2, 0.25) is 5.02 Å².